The monoisotopic (exact) mass is 509 g/mol. The van der Waals surface area contributed by atoms with Gasteiger partial charge in [0.1, 0.15) is 11.7 Å². The van der Waals surface area contributed by atoms with Gasteiger partial charge in [-0.3, -0.25) is 19.5 Å². The lowest BCUT2D eigenvalue weighted by Gasteiger charge is -2.32. The summed E-state index contributed by atoms with van der Waals surface area (Å²) in [6, 6.07) is 17.2. The smallest absolute Gasteiger partial charge is 0.279 e. The van der Waals surface area contributed by atoms with Crippen molar-refractivity contribution in [3.8, 4) is 0 Å². The summed E-state index contributed by atoms with van der Waals surface area (Å²) in [7, 11) is 0. The van der Waals surface area contributed by atoms with Crippen LogP contribution >= 0.6 is 0 Å². The number of nitrogens with zero attached hydrogens (tertiary/aromatic N) is 3. The van der Waals surface area contributed by atoms with Gasteiger partial charge in [0, 0.05) is 29.8 Å². The number of imidazole rings is 1. The van der Waals surface area contributed by atoms with Gasteiger partial charge < -0.3 is 15.4 Å². The average Bonchev–Trinajstić information content (AvgIpc) is 3.56. The van der Waals surface area contributed by atoms with E-state index in [0.29, 0.717) is 17.7 Å². The normalized spacial score (nSPS) is 17.5. The van der Waals surface area contributed by atoms with Crippen LogP contribution in [0.2, 0.25) is 0 Å². The van der Waals surface area contributed by atoms with Crippen LogP contribution in [-0.4, -0.2) is 37.9 Å². The van der Waals surface area contributed by atoms with Gasteiger partial charge in [-0.2, -0.15) is 0 Å². The number of hydrogen-bond acceptors (Lipinski definition) is 5. The fourth-order valence-corrected chi connectivity index (χ4v) is 4.93. The van der Waals surface area contributed by atoms with Gasteiger partial charge in [-0.25, -0.2) is 4.98 Å². The summed E-state index contributed by atoms with van der Waals surface area (Å²) in [5.41, 5.74) is 4.08. The van der Waals surface area contributed by atoms with Crippen molar-refractivity contribution in [2.45, 2.75) is 50.8 Å². The van der Waals surface area contributed by atoms with Crippen molar-refractivity contribution < 1.29 is 14.7 Å². The van der Waals surface area contributed by atoms with Crippen LogP contribution in [0.4, 0.5) is 5.69 Å². The molecule has 2 aromatic heterocycles. The van der Waals surface area contributed by atoms with E-state index in [1.807, 2.05) is 48.5 Å². The predicted molar refractivity (Wildman–Crippen MR) is 145 cm³/mol. The number of nitrogens with one attached hydrogen (secondary N) is 2. The number of amides is 2. The first-order valence-electron chi connectivity index (χ1n) is 12.6. The average molecular weight is 510 g/mol. The molecule has 2 aromatic carbocycles. The number of aromatic amines is 1. The Hall–Kier alpha value is -4.30. The van der Waals surface area contributed by atoms with Gasteiger partial charge in [0.05, 0.1) is 18.5 Å². The minimum absolute atomic E-state index is 0.0801. The molecule has 0 bridgehead atoms. The predicted octanol–water partition coefficient (Wildman–Crippen LogP) is 4.26. The summed E-state index contributed by atoms with van der Waals surface area (Å²) in [4.78, 5) is 40.6. The molecular weight excluding hydrogens is 478 g/mol. The number of carbonyl (C=O) groups excluding carboxylic acids is 2. The summed E-state index contributed by atoms with van der Waals surface area (Å²) in [6.07, 6.45) is 5.79. The number of H-pyrrole nitrogens is 1. The second-order valence-electron chi connectivity index (χ2n) is 10.6. The molecule has 1 aliphatic rings. The highest BCUT2D eigenvalue weighted by Crippen LogP contribution is 2.34. The van der Waals surface area contributed by atoms with E-state index in [2.05, 4.69) is 41.0 Å². The number of anilines is 1. The highest BCUT2D eigenvalue weighted by Gasteiger charge is 2.38. The lowest BCUT2D eigenvalue weighted by molar-refractivity contribution is -0.124. The van der Waals surface area contributed by atoms with Crippen molar-refractivity contribution in [1.82, 2.24) is 20.3 Å². The van der Waals surface area contributed by atoms with Crippen LogP contribution in [0.5, 0.6) is 0 Å². The highest BCUT2D eigenvalue weighted by atomic mass is 16.3. The molecule has 2 amide bonds. The van der Waals surface area contributed by atoms with E-state index in [9.17, 15) is 14.7 Å². The minimum atomic E-state index is -1.05. The molecule has 194 valence electrons. The lowest BCUT2D eigenvalue weighted by atomic mass is 9.87. The van der Waals surface area contributed by atoms with Crippen LogP contribution in [0.1, 0.15) is 65.7 Å². The van der Waals surface area contributed by atoms with Crippen LogP contribution in [0, 0.1) is 0 Å². The maximum atomic E-state index is 14.0. The second kappa shape index (κ2) is 10.2. The van der Waals surface area contributed by atoms with Crippen LogP contribution in [0.15, 0.2) is 85.6 Å². The molecule has 2 heterocycles. The number of aliphatic hydroxyl groups excluding tert-OH is 1. The van der Waals surface area contributed by atoms with Gasteiger partial charge in [-0.05, 0) is 46.7 Å². The third kappa shape index (κ3) is 4.95. The van der Waals surface area contributed by atoms with Crippen LogP contribution in [0.3, 0.4) is 0 Å². The van der Waals surface area contributed by atoms with Crippen molar-refractivity contribution in [3.63, 3.8) is 0 Å². The third-order valence-electron chi connectivity index (χ3n) is 6.98. The Morgan fingerprint density at radius 1 is 1.08 bits per heavy atom. The summed E-state index contributed by atoms with van der Waals surface area (Å²) in [6.45, 7) is 6.35. The molecular formula is C30H31N5O3. The molecule has 3 atom stereocenters. The van der Waals surface area contributed by atoms with Crippen LogP contribution in [0.25, 0.3) is 0 Å². The second-order valence-corrected chi connectivity index (χ2v) is 10.6. The van der Waals surface area contributed by atoms with E-state index >= 15 is 0 Å². The molecule has 4 aromatic rings. The van der Waals surface area contributed by atoms with Gasteiger partial charge >= 0.3 is 0 Å². The van der Waals surface area contributed by atoms with E-state index < -0.39 is 30.0 Å². The first kappa shape index (κ1) is 25.4. The molecule has 0 aliphatic heterocycles. The summed E-state index contributed by atoms with van der Waals surface area (Å²) < 4.78 is 0. The number of pyridine rings is 1. The molecule has 5 rings (SSSR count). The zero-order valence-corrected chi connectivity index (χ0v) is 21.6. The van der Waals surface area contributed by atoms with Crippen molar-refractivity contribution in [1.29, 1.82) is 0 Å². The number of carbonyl (C=O) groups is 2. The molecule has 0 spiro atoms. The van der Waals surface area contributed by atoms with Crippen molar-refractivity contribution in [2.75, 3.05) is 4.90 Å². The maximum absolute atomic E-state index is 14.0. The topological polar surface area (TPSA) is 111 Å². The number of hydrogen-bond donors (Lipinski definition) is 3. The van der Waals surface area contributed by atoms with Crippen LogP contribution in [-0.2, 0) is 16.6 Å². The third-order valence-corrected chi connectivity index (χ3v) is 6.98. The zero-order chi connectivity index (χ0) is 26.9. The Labute approximate surface area is 221 Å². The molecule has 0 radical (unpaired) electrons. The summed E-state index contributed by atoms with van der Waals surface area (Å²) in [5, 5.41) is 14.0. The Balaban J connectivity index is 1.55. The van der Waals surface area contributed by atoms with E-state index in [4.69, 9.17) is 0 Å². The maximum Gasteiger partial charge on any atom is 0.279 e. The van der Waals surface area contributed by atoms with Gasteiger partial charge in [0.15, 0.2) is 0 Å². The van der Waals surface area contributed by atoms with Gasteiger partial charge in [-0.15, -0.1) is 0 Å². The van der Waals surface area contributed by atoms with Gasteiger partial charge in [0.25, 0.3) is 5.91 Å². The molecule has 8 heteroatoms. The zero-order valence-electron chi connectivity index (χ0n) is 21.6. The van der Waals surface area contributed by atoms with Crippen LogP contribution < -0.4 is 10.2 Å². The Bertz CT molecular complexity index is 1410. The number of aliphatic hydroxyl groups is 1. The van der Waals surface area contributed by atoms with E-state index in [0.717, 1.165) is 16.7 Å². The lowest BCUT2D eigenvalue weighted by Crippen LogP contribution is -2.48. The van der Waals surface area contributed by atoms with Gasteiger partial charge in [-0.1, -0.05) is 63.2 Å². The molecule has 38 heavy (non-hydrogen) atoms. The molecule has 0 saturated carbocycles. The Morgan fingerprint density at radius 3 is 2.47 bits per heavy atom. The minimum Gasteiger partial charge on any atom is -0.386 e. The Kier molecular flexibility index (Phi) is 6.82. The first-order valence-corrected chi connectivity index (χ1v) is 12.6. The molecule has 3 N–H and O–H groups in total. The number of rotatable bonds is 6. The first-order chi connectivity index (χ1) is 18.2. The summed E-state index contributed by atoms with van der Waals surface area (Å²) in [5.74, 6) is -0.854. The molecule has 8 nitrogen and oxygen atoms in total. The van der Waals surface area contributed by atoms with E-state index in [1.165, 1.54) is 17.4 Å². The largest absolute Gasteiger partial charge is 0.386 e. The number of fused-ring (bicyclic) bond motifs is 1. The molecule has 1 aliphatic carbocycles. The highest BCUT2D eigenvalue weighted by molar-refractivity contribution is 6.09. The number of aromatic nitrogens is 3. The van der Waals surface area contributed by atoms with Crippen molar-refractivity contribution in [2.24, 2.45) is 0 Å². The summed E-state index contributed by atoms with van der Waals surface area (Å²) >= 11 is 0. The van der Waals surface area contributed by atoms with Crippen molar-refractivity contribution in [3.05, 3.63) is 114 Å². The molecule has 0 fully saturated rings. The quantitative estimate of drug-likeness (QED) is 0.360. The molecule has 1 unspecified atom stereocenters. The number of benzene rings is 2. The van der Waals surface area contributed by atoms with Gasteiger partial charge in [0.2, 0.25) is 5.91 Å². The fraction of sp³-hybridized carbons (Fsp3) is 0.267. The fourth-order valence-electron chi connectivity index (χ4n) is 4.93. The van der Waals surface area contributed by atoms with E-state index in [-0.39, 0.29) is 11.1 Å². The SMILES string of the molecule is CC(C)(C)c1ccc(N(C(=O)c2c[nH]cn2)C(C(=O)N[C@@H]2Cc3ccccc3[C@H]2O)c2cccnc2)cc1. The standard InChI is InChI=1S/C30H31N5O3/c1-30(2,3)21-10-12-22(13-11-21)35(29(38)25-17-32-18-33-25)26(20-8-6-14-31-16-20)28(37)34-24-15-19-7-4-5-9-23(19)27(24)36/h4-14,16-18,24,26-27,36H,15H2,1-3H3,(H,32,33)(H,34,37)/t24-,26?,27-/m1/s1. The van der Waals surface area contributed by atoms with E-state index in [1.54, 1.807) is 24.5 Å². The van der Waals surface area contributed by atoms with Crippen molar-refractivity contribution >= 4 is 17.5 Å². The molecule has 0 saturated heterocycles. The Morgan fingerprint density at radius 2 is 1.84 bits per heavy atom.